The van der Waals surface area contributed by atoms with Crippen LogP contribution in [-0.2, 0) is 11.3 Å². The van der Waals surface area contributed by atoms with Crippen molar-refractivity contribution in [2.75, 3.05) is 6.54 Å². The molecule has 0 unspecified atom stereocenters. The van der Waals surface area contributed by atoms with E-state index in [-0.39, 0.29) is 6.42 Å². The first-order chi connectivity index (χ1) is 11.5. The molecular formula is C18H23N3O3. The lowest BCUT2D eigenvalue weighted by Gasteiger charge is -2.36. The Morgan fingerprint density at radius 2 is 2.17 bits per heavy atom. The van der Waals surface area contributed by atoms with Gasteiger partial charge >= 0.3 is 5.97 Å². The summed E-state index contributed by atoms with van der Waals surface area (Å²) in [6, 6.07) is 5.40. The molecule has 1 aliphatic rings. The number of hydrogen-bond donors (Lipinski definition) is 2. The zero-order chi connectivity index (χ0) is 17.3. The van der Waals surface area contributed by atoms with Gasteiger partial charge in [-0.2, -0.15) is 5.10 Å². The number of carboxylic acids is 1. The third kappa shape index (κ3) is 3.34. The summed E-state index contributed by atoms with van der Waals surface area (Å²) in [6.45, 7) is 5.19. The van der Waals surface area contributed by atoms with Crippen LogP contribution < -0.4 is 0 Å². The smallest absolute Gasteiger partial charge is 0.321 e. The first kappa shape index (κ1) is 16.7. The standard InChI is InChI=1S/C18H23N3O3/c1-12-8-13(2)15(16(9-12)21-6-3-5-19-21)11-20-7-4-14(22)10-17(20)18(23)24/h3,5-6,8-9,14,17,22H,4,7,10-11H2,1-2H3,(H,23,24)/t14-,17+/m1/s1. The van der Waals surface area contributed by atoms with Gasteiger partial charge in [0.2, 0.25) is 0 Å². The second-order valence-electron chi connectivity index (χ2n) is 6.53. The van der Waals surface area contributed by atoms with Crippen LogP contribution in [0.1, 0.15) is 29.5 Å². The van der Waals surface area contributed by atoms with Crippen LogP contribution in [0, 0.1) is 13.8 Å². The molecule has 6 nitrogen and oxygen atoms in total. The monoisotopic (exact) mass is 329 g/mol. The molecule has 1 aromatic heterocycles. The highest BCUT2D eigenvalue weighted by molar-refractivity contribution is 5.73. The largest absolute Gasteiger partial charge is 0.480 e. The number of benzene rings is 1. The van der Waals surface area contributed by atoms with E-state index in [4.69, 9.17) is 0 Å². The quantitative estimate of drug-likeness (QED) is 0.896. The molecule has 1 aliphatic heterocycles. The number of piperidine rings is 1. The first-order valence-corrected chi connectivity index (χ1v) is 8.20. The Morgan fingerprint density at radius 3 is 2.83 bits per heavy atom. The fourth-order valence-electron chi connectivity index (χ4n) is 3.44. The Bertz CT molecular complexity index is 727. The predicted molar refractivity (Wildman–Crippen MR) is 90.1 cm³/mol. The van der Waals surface area contributed by atoms with Crippen molar-refractivity contribution < 1.29 is 15.0 Å². The van der Waals surface area contributed by atoms with E-state index in [1.807, 2.05) is 35.7 Å². The van der Waals surface area contributed by atoms with Gasteiger partial charge in [-0.1, -0.05) is 6.07 Å². The average molecular weight is 329 g/mol. The normalized spacial score (nSPS) is 21.8. The van der Waals surface area contributed by atoms with Gasteiger partial charge in [-0.05, 0) is 55.5 Å². The van der Waals surface area contributed by atoms with Gasteiger partial charge < -0.3 is 10.2 Å². The van der Waals surface area contributed by atoms with Crippen molar-refractivity contribution in [2.24, 2.45) is 0 Å². The Kier molecular flexibility index (Phi) is 4.69. The van der Waals surface area contributed by atoms with E-state index in [0.29, 0.717) is 19.5 Å². The van der Waals surface area contributed by atoms with Gasteiger partial charge in [0.25, 0.3) is 0 Å². The third-order valence-corrected chi connectivity index (χ3v) is 4.68. The minimum absolute atomic E-state index is 0.275. The number of carboxylic acid groups (broad SMARTS) is 1. The van der Waals surface area contributed by atoms with E-state index in [1.54, 1.807) is 6.20 Å². The Labute approximate surface area is 141 Å². The highest BCUT2D eigenvalue weighted by Gasteiger charge is 2.33. The van der Waals surface area contributed by atoms with Gasteiger partial charge in [-0.25, -0.2) is 4.68 Å². The van der Waals surface area contributed by atoms with Gasteiger partial charge in [0, 0.05) is 25.5 Å². The van der Waals surface area contributed by atoms with Crippen LogP contribution >= 0.6 is 0 Å². The summed E-state index contributed by atoms with van der Waals surface area (Å²) in [5.41, 5.74) is 4.32. The molecule has 24 heavy (non-hydrogen) atoms. The van der Waals surface area contributed by atoms with Crippen LogP contribution in [-0.4, -0.2) is 49.6 Å². The molecule has 0 bridgehead atoms. The average Bonchev–Trinajstić information content (AvgIpc) is 3.05. The second kappa shape index (κ2) is 6.75. The Hall–Kier alpha value is -2.18. The van der Waals surface area contributed by atoms with Crippen LogP contribution in [0.4, 0.5) is 0 Å². The van der Waals surface area contributed by atoms with Crippen LogP contribution in [0.3, 0.4) is 0 Å². The summed E-state index contributed by atoms with van der Waals surface area (Å²) in [5, 5.41) is 23.6. The lowest BCUT2D eigenvalue weighted by molar-refractivity contribution is -0.147. The van der Waals surface area contributed by atoms with Crippen molar-refractivity contribution >= 4 is 5.97 Å². The molecule has 1 aromatic carbocycles. The van der Waals surface area contributed by atoms with E-state index in [2.05, 4.69) is 17.2 Å². The minimum atomic E-state index is -0.876. The van der Waals surface area contributed by atoms with Crippen molar-refractivity contribution in [2.45, 2.75) is 45.4 Å². The maximum absolute atomic E-state index is 11.6. The minimum Gasteiger partial charge on any atom is -0.480 e. The van der Waals surface area contributed by atoms with Crippen molar-refractivity contribution in [3.8, 4) is 5.69 Å². The number of aliphatic hydroxyl groups is 1. The molecular weight excluding hydrogens is 306 g/mol. The molecule has 2 N–H and O–H groups in total. The number of hydrogen-bond acceptors (Lipinski definition) is 4. The Balaban J connectivity index is 1.96. The van der Waals surface area contributed by atoms with Crippen molar-refractivity contribution in [3.63, 3.8) is 0 Å². The number of nitrogens with zero attached hydrogens (tertiary/aromatic N) is 3. The zero-order valence-electron chi connectivity index (χ0n) is 14.0. The van der Waals surface area contributed by atoms with E-state index in [1.165, 1.54) is 0 Å². The number of aryl methyl sites for hydroxylation is 2. The molecule has 0 amide bonds. The molecule has 0 saturated carbocycles. The number of aromatic nitrogens is 2. The van der Waals surface area contributed by atoms with Crippen LogP contribution in [0.2, 0.25) is 0 Å². The third-order valence-electron chi connectivity index (χ3n) is 4.68. The summed E-state index contributed by atoms with van der Waals surface area (Å²) >= 11 is 0. The number of rotatable bonds is 4. The van der Waals surface area contributed by atoms with E-state index in [0.717, 1.165) is 22.4 Å². The molecule has 128 valence electrons. The lowest BCUT2D eigenvalue weighted by Crippen LogP contribution is -2.48. The second-order valence-corrected chi connectivity index (χ2v) is 6.53. The maximum atomic E-state index is 11.6. The summed E-state index contributed by atoms with van der Waals surface area (Å²) in [4.78, 5) is 13.5. The van der Waals surface area contributed by atoms with Crippen LogP contribution in [0.15, 0.2) is 30.6 Å². The molecule has 2 aromatic rings. The van der Waals surface area contributed by atoms with Crippen LogP contribution in [0.5, 0.6) is 0 Å². The predicted octanol–water partition coefficient (Wildman–Crippen LogP) is 1.90. The molecule has 0 radical (unpaired) electrons. The first-order valence-electron chi connectivity index (χ1n) is 8.20. The van der Waals surface area contributed by atoms with Crippen LogP contribution in [0.25, 0.3) is 5.69 Å². The molecule has 0 spiro atoms. The van der Waals surface area contributed by atoms with E-state index >= 15 is 0 Å². The molecule has 1 saturated heterocycles. The molecule has 2 heterocycles. The summed E-state index contributed by atoms with van der Waals surface area (Å²) in [7, 11) is 0. The van der Waals surface area contributed by atoms with E-state index in [9.17, 15) is 15.0 Å². The van der Waals surface area contributed by atoms with E-state index < -0.39 is 18.1 Å². The summed E-state index contributed by atoms with van der Waals surface area (Å²) < 4.78 is 1.82. The fourth-order valence-corrected chi connectivity index (χ4v) is 3.44. The molecule has 0 aliphatic carbocycles. The Morgan fingerprint density at radius 1 is 1.38 bits per heavy atom. The SMILES string of the molecule is Cc1cc(C)c(CN2CC[C@@H](O)C[C@H]2C(=O)O)c(-n2cccn2)c1. The highest BCUT2D eigenvalue weighted by Crippen LogP contribution is 2.26. The van der Waals surface area contributed by atoms with Gasteiger partial charge in [0.1, 0.15) is 6.04 Å². The van der Waals surface area contributed by atoms with Crippen molar-refractivity contribution in [3.05, 3.63) is 47.3 Å². The molecule has 1 fully saturated rings. The van der Waals surface area contributed by atoms with Gasteiger partial charge in [0.05, 0.1) is 11.8 Å². The number of carbonyl (C=O) groups is 1. The topological polar surface area (TPSA) is 78.6 Å². The highest BCUT2D eigenvalue weighted by atomic mass is 16.4. The fraction of sp³-hybridized carbons (Fsp3) is 0.444. The zero-order valence-corrected chi connectivity index (χ0v) is 14.0. The van der Waals surface area contributed by atoms with Crippen molar-refractivity contribution in [1.82, 2.24) is 14.7 Å². The maximum Gasteiger partial charge on any atom is 0.321 e. The van der Waals surface area contributed by atoms with Gasteiger partial charge in [-0.15, -0.1) is 0 Å². The summed E-state index contributed by atoms with van der Waals surface area (Å²) in [6.07, 6.45) is 3.97. The summed E-state index contributed by atoms with van der Waals surface area (Å²) in [5.74, 6) is -0.876. The van der Waals surface area contributed by atoms with Gasteiger partial charge in [-0.3, -0.25) is 9.69 Å². The van der Waals surface area contributed by atoms with Gasteiger partial charge in [0.15, 0.2) is 0 Å². The molecule has 2 atom stereocenters. The van der Waals surface area contributed by atoms with Crippen molar-refractivity contribution in [1.29, 1.82) is 0 Å². The number of aliphatic hydroxyl groups excluding tert-OH is 1. The molecule has 6 heteroatoms. The number of aliphatic carboxylic acids is 1. The number of likely N-dealkylation sites (tertiary alicyclic amines) is 1. The molecule has 3 rings (SSSR count). The lowest BCUT2D eigenvalue weighted by atomic mass is 9.96.